The molecule has 2 aliphatic rings. The highest BCUT2D eigenvalue weighted by Gasteiger charge is 2.59. The Morgan fingerprint density at radius 3 is 1.91 bits per heavy atom. The molecule has 1 aliphatic heterocycles. The first-order valence-corrected chi connectivity index (χ1v) is 14.7. The van der Waals surface area contributed by atoms with E-state index < -0.39 is 5.41 Å². The summed E-state index contributed by atoms with van der Waals surface area (Å²) in [5.41, 5.74) is 3.89. The highest BCUT2D eigenvalue weighted by Crippen LogP contribution is 2.68. The predicted octanol–water partition coefficient (Wildman–Crippen LogP) is 7.59. The minimum atomic E-state index is -0.555. The first-order chi connectivity index (χ1) is 21.5. The Labute approximate surface area is 257 Å². The first kappa shape index (κ1) is 28.2. The highest BCUT2D eigenvalue weighted by atomic mass is 16.5. The SMILES string of the molecule is COc1cc(OC)cc([C@H]2OCC[C@]23c2c4c(OC)cc(OC)cc4cc4c(OC)cc(OC)c(c24)[C@H]3c2ccccc2)c1. The van der Waals surface area contributed by atoms with Gasteiger partial charge in [0, 0.05) is 52.5 Å². The monoisotopic (exact) mass is 592 g/mol. The smallest absolute Gasteiger partial charge is 0.130 e. The van der Waals surface area contributed by atoms with Crippen LogP contribution in [0.3, 0.4) is 0 Å². The Hall–Kier alpha value is -4.62. The van der Waals surface area contributed by atoms with Crippen molar-refractivity contribution in [2.75, 3.05) is 49.3 Å². The van der Waals surface area contributed by atoms with E-state index in [2.05, 4.69) is 54.6 Å². The lowest BCUT2D eigenvalue weighted by Crippen LogP contribution is -2.34. The first-order valence-electron chi connectivity index (χ1n) is 14.7. The molecule has 1 spiro atoms. The number of benzene rings is 5. The second kappa shape index (κ2) is 10.8. The van der Waals surface area contributed by atoms with Crippen LogP contribution in [0.2, 0.25) is 0 Å². The van der Waals surface area contributed by atoms with Gasteiger partial charge in [-0.15, -0.1) is 0 Å². The van der Waals surface area contributed by atoms with Gasteiger partial charge in [-0.05, 0) is 58.1 Å². The average molecular weight is 593 g/mol. The van der Waals surface area contributed by atoms with Crippen LogP contribution in [-0.4, -0.2) is 49.3 Å². The fraction of sp³-hybridized carbons (Fsp3) is 0.297. The number of ether oxygens (including phenoxy) is 7. The lowest BCUT2D eigenvalue weighted by molar-refractivity contribution is 0.0746. The number of methoxy groups -OCH3 is 6. The van der Waals surface area contributed by atoms with Crippen molar-refractivity contribution in [2.45, 2.75) is 23.9 Å². The molecule has 0 bridgehead atoms. The van der Waals surface area contributed by atoms with Gasteiger partial charge in [0.2, 0.25) is 0 Å². The molecule has 1 aliphatic carbocycles. The topological polar surface area (TPSA) is 64.6 Å². The van der Waals surface area contributed by atoms with E-state index in [0.717, 1.165) is 67.7 Å². The molecule has 0 N–H and O–H groups in total. The second-order valence-electron chi connectivity index (χ2n) is 11.3. The molecule has 1 heterocycles. The van der Waals surface area contributed by atoms with Crippen LogP contribution >= 0.6 is 0 Å². The van der Waals surface area contributed by atoms with Crippen LogP contribution in [-0.2, 0) is 10.2 Å². The van der Waals surface area contributed by atoms with Crippen molar-refractivity contribution in [1.29, 1.82) is 0 Å². The van der Waals surface area contributed by atoms with Gasteiger partial charge >= 0.3 is 0 Å². The average Bonchev–Trinajstić information content (AvgIpc) is 3.64. The van der Waals surface area contributed by atoms with Gasteiger partial charge in [0.15, 0.2) is 0 Å². The lowest BCUT2D eigenvalue weighted by atomic mass is 9.63. The van der Waals surface area contributed by atoms with Gasteiger partial charge in [-0.2, -0.15) is 0 Å². The zero-order valence-corrected chi connectivity index (χ0v) is 25.9. The van der Waals surface area contributed by atoms with Gasteiger partial charge in [-0.1, -0.05) is 30.3 Å². The number of rotatable bonds is 8. The molecular formula is C37H36O7. The molecule has 7 rings (SSSR count). The van der Waals surface area contributed by atoms with Gasteiger partial charge in [0.25, 0.3) is 0 Å². The maximum Gasteiger partial charge on any atom is 0.130 e. The molecule has 0 aromatic heterocycles. The standard InChI is InChI=1S/C37H36O7/c1-38-24-15-23(16-25(18-24)39-2)36-37(12-13-44-36)34(21-10-8-7-9-11-21)33-30(43-6)20-28(41-4)27-17-22-14-26(40-3)19-29(42-5)31(22)35(37)32(27)33/h7-11,14-20,34,36H,12-13H2,1-6H3/t34-,36-,37+/m1/s1. The van der Waals surface area contributed by atoms with Crippen LogP contribution in [0.25, 0.3) is 21.5 Å². The van der Waals surface area contributed by atoms with Crippen LogP contribution in [0.4, 0.5) is 0 Å². The van der Waals surface area contributed by atoms with E-state index in [1.54, 1.807) is 42.7 Å². The molecule has 0 amide bonds. The van der Waals surface area contributed by atoms with Crippen LogP contribution in [0.1, 0.15) is 40.7 Å². The number of hydrogen-bond donors (Lipinski definition) is 0. The summed E-state index contributed by atoms with van der Waals surface area (Å²) in [5.74, 6) is 4.30. The quantitative estimate of drug-likeness (QED) is 0.172. The third-order valence-corrected chi connectivity index (χ3v) is 9.48. The maximum atomic E-state index is 6.84. The van der Waals surface area contributed by atoms with Crippen molar-refractivity contribution in [1.82, 2.24) is 0 Å². The molecule has 1 fully saturated rings. The van der Waals surface area contributed by atoms with E-state index in [1.165, 1.54) is 5.56 Å². The van der Waals surface area contributed by atoms with Crippen molar-refractivity contribution in [2.24, 2.45) is 0 Å². The van der Waals surface area contributed by atoms with E-state index in [9.17, 15) is 0 Å². The third-order valence-electron chi connectivity index (χ3n) is 9.48. The molecule has 0 unspecified atom stereocenters. The summed E-state index contributed by atoms with van der Waals surface area (Å²) in [6, 6.07) is 24.9. The summed E-state index contributed by atoms with van der Waals surface area (Å²) in [7, 11) is 10.2. The Morgan fingerprint density at radius 2 is 1.27 bits per heavy atom. The molecule has 3 atom stereocenters. The molecule has 7 heteroatoms. The summed E-state index contributed by atoms with van der Waals surface area (Å²) in [4.78, 5) is 0. The molecule has 5 aromatic carbocycles. The summed E-state index contributed by atoms with van der Waals surface area (Å²) in [6.07, 6.45) is 0.417. The van der Waals surface area contributed by atoms with Gasteiger partial charge < -0.3 is 33.2 Å². The van der Waals surface area contributed by atoms with Crippen molar-refractivity contribution in [3.05, 3.63) is 95.1 Å². The van der Waals surface area contributed by atoms with Gasteiger partial charge in [-0.3, -0.25) is 0 Å². The van der Waals surface area contributed by atoms with E-state index in [-0.39, 0.29) is 12.0 Å². The Balaban J connectivity index is 1.69. The minimum Gasteiger partial charge on any atom is -0.497 e. The normalized spacial score (nSPS) is 20.3. The Bertz CT molecular complexity index is 1860. The largest absolute Gasteiger partial charge is 0.497 e. The van der Waals surface area contributed by atoms with Crippen LogP contribution in [0.5, 0.6) is 34.5 Å². The van der Waals surface area contributed by atoms with Crippen molar-refractivity contribution in [3.8, 4) is 34.5 Å². The maximum absolute atomic E-state index is 6.84. The minimum absolute atomic E-state index is 0.107. The van der Waals surface area contributed by atoms with Gasteiger partial charge in [0.05, 0.1) is 48.8 Å². The third kappa shape index (κ3) is 3.92. The summed E-state index contributed by atoms with van der Waals surface area (Å²) in [6.45, 7) is 0.567. The fourth-order valence-electron chi connectivity index (χ4n) is 7.78. The van der Waals surface area contributed by atoms with E-state index >= 15 is 0 Å². The van der Waals surface area contributed by atoms with Crippen molar-refractivity contribution >= 4 is 21.5 Å². The van der Waals surface area contributed by atoms with Gasteiger partial charge in [0.1, 0.15) is 34.5 Å². The van der Waals surface area contributed by atoms with E-state index in [1.807, 2.05) is 18.2 Å². The summed E-state index contributed by atoms with van der Waals surface area (Å²) < 4.78 is 42.4. The predicted molar refractivity (Wildman–Crippen MR) is 170 cm³/mol. The zero-order chi connectivity index (χ0) is 30.6. The van der Waals surface area contributed by atoms with E-state index in [4.69, 9.17) is 33.2 Å². The Kier molecular flexibility index (Phi) is 6.93. The molecular weight excluding hydrogens is 556 g/mol. The Morgan fingerprint density at radius 1 is 0.614 bits per heavy atom. The van der Waals surface area contributed by atoms with Crippen LogP contribution < -0.4 is 28.4 Å². The van der Waals surface area contributed by atoms with Crippen LogP contribution in [0.15, 0.2) is 72.8 Å². The van der Waals surface area contributed by atoms with E-state index in [0.29, 0.717) is 18.1 Å². The van der Waals surface area contributed by atoms with Gasteiger partial charge in [-0.25, -0.2) is 0 Å². The number of fused-ring (bicyclic) bond motifs is 3. The molecule has 226 valence electrons. The molecule has 0 saturated carbocycles. The van der Waals surface area contributed by atoms with Crippen LogP contribution in [0, 0.1) is 0 Å². The highest BCUT2D eigenvalue weighted by molar-refractivity contribution is 6.12. The molecule has 44 heavy (non-hydrogen) atoms. The zero-order valence-electron chi connectivity index (χ0n) is 25.9. The molecule has 1 saturated heterocycles. The summed E-state index contributed by atoms with van der Waals surface area (Å²) >= 11 is 0. The van der Waals surface area contributed by atoms with Crippen molar-refractivity contribution in [3.63, 3.8) is 0 Å². The van der Waals surface area contributed by atoms with Crippen molar-refractivity contribution < 1.29 is 33.2 Å². The summed E-state index contributed by atoms with van der Waals surface area (Å²) in [5, 5.41) is 4.14. The molecule has 5 aromatic rings. The fourth-order valence-corrected chi connectivity index (χ4v) is 7.78. The second-order valence-corrected chi connectivity index (χ2v) is 11.3. The molecule has 0 radical (unpaired) electrons. The molecule has 7 nitrogen and oxygen atoms in total. The lowest BCUT2D eigenvalue weighted by Gasteiger charge is -2.39. The number of hydrogen-bond acceptors (Lipinski definition) is 7.